The van der Waals surface area contributed by atoms with E-state index in [0.29, 0.717) is 17.2 Å². The molecule has 24 heavy (non-hydrogen) atoms. The highest BCUT2D eigenvalue weighted by Gasteiger charge is 2.20. The van der Waals surface area contributed by atoms with Gasteiger partial charge in [0.1, 0.15) is 0 Å². The van der Waals surface area contributed by atoms with Gasteiger partial charge in [-0.25, -0.2) is 13.1 Å². The summed E-state index contributed by atoms with van der Waals surface area (Å²) in [7, 11) is -1.56. The summed E-state index contributed by atoms with van der Waals surface area (Å²) >= 11 is 0. The van der Waals surface area contributed by atoms with E-state index < -0.39 is 20.2 Å². The monoisotopic (exact) mass is 381 g/mol. The summed E-state index contributed by atoms with van der Waals surface area (Å²) in [4.78, 5) is 0. The van der Waals surface area contributed by atoms with Gasteiger partial charge < -0.3 is 9.47 Å². The van der Waals surface area contributed by atoms with Gasteiger partial charge in [0.25, 0.3) is 10.2 Å². The Balaban J connectivity index is 3.04. The SMILES string of the molecule is COc1ccc(N(CCNS(=O)(=O)N(C)C)S(C)(=O)=O)cc1OC. The Kier molecular flexibility index (Phi) is 6.84. The first-order valence-corrected chi connectivity index (χ1v) is 10.2. The van der Waals surface area contributed by atoms with Crippen LogP contribution in [0.2, 0.25) is 0 Å². The van der Waals surface area contributed by atoms with Crippen molar-refractivity contribution in [1.29, 1.82) is 0 Å². The molecule has 0 saturated carbocycles. The summed E-state index contributed by atoms with van der Waals surface area (Å²) in [6.45, 7) is -0.149. The van der Waals surface area contributed by atoms with Crippen LogP contribution in [0.4, 0.5) is 5.69 Å². The number of hydrogen-bond acceptors (Lipinski definition) is 6. The van der Waals surface area contributed by atoms with Gasteiger partial charge in [-0.3, -0.25) is 4.31 Å². The molecule has 1 aromatic rings. The van der Waals surface area contributed by atoms with E-state index >= 15 is 0 Å². The van der Waals surface area contributed by atoms with Gasteiger partial charge in [-0.1, -0.05) is 0 Å². The van der Waals surface area contributed by atoms with Crippen LogP contribution in [0.1, 0.15) is 0 Å². The van der Waals surface area contributed by atoms with Gasteiger partial charge in [-0.05, 0) is 12.1 Å². The van der Waals surface area contributed by atoms with Gasteiger partial charge >= 0.3 is 0 Å². The van der Waals surface area contributed by atoms with Crippen LogP contribution >= 0.6 is 0 Å². The fraction of sp³-hybridized carbons (Fsp3) is 0.538. The van der Waals surface area contributed by atoms with Gasteiger partial charge in [-0.2, -0.15) is 12.7 Å². The third-order valence-electron chi connectivity index (χ3n) is 3.14. The zero-order chi connectivity index (χ0) is 18.5. The van der Waals surface area contributed by atoms with E-state index in [4.69, 9.17) is 9.47 Å². The number of benzene rings is 1. The molecule has 0 aliphatic heterocycles. The molecule has 0 atom stereocenters. The maximum Gasteiger partial charge on any atom is 0.278 e. The third kappa shape index (κ3) is 5.23. The summed E-state index contributed by atoms with van der Waals surface area (Å²) in [6.07, 6.45) is 1.05. The summed E-state index contributed by atoms with van der Waals surface area (Å²) in [5.41, 5.74) is 0.346. The zero-order valence-corrected chi connectivity index (χ0v) is 15.9. The Morgan fingerprint density at radius 2 is 1.62 bits per heavy atom. The van der Waals surface area contributed by atoms with E-state index in [1.165, 1.54) is 34.4 Å². The van der Waals surface area contributed by atoms with Crippen LogP contribution in [0.3, 0.4) is 0 Å². The highest BCUT2D eigenvalue weighted by Crippen LogP contribution is 2.32. The minimum atomic E-state index is -3.63. The highest BCUT2D eigenvalue weighted by molar-refractivity contribution is 7.92. The first-order valence-electron chi connectivity index (χ1n) is 6.89. The number of anilines is 1. The molecule has 0 unspecified atom stereocenters. The quantitative estimate of drug-likeness (QED) is 0.639. The van der Waals surface area contributed by atoms with Crippen LogP contribution in [-0.2, 0) is 20.2 Å². The van der Waals surface area contributed by atoms with Crippen LogP contribution in [0.5, 0.6) is 11.5 Å². The fourth-order valence-electron chi connectivity index (χ4n) is 1.87. The fourth-order valence-corrected chi connectivity index (χ4v) is 3.40. The highest BCUT2D eigenvalue weighted by atomic mass is 32.2. The van der Waals surface area contributed by atoms with Crippen molar-refractivity contribution in [3.63, 3.8) is 0 Å². The lowest BCUT2D eigenvalue weighted by atomic mass is 10.2. The molecule has 0 radical (unpaired) electrons. The first kappa shape index (κ1) is 20.5. The maximum atomic E-state index is 12.0. The molecule has 0 bridgehead atoms. The zero-order valence-electron chi connectivity index (χ0n) is 14.3. The van der Waals surface area contributed by atoms with Gasteiger partial charge in [0.05, 0.1) is 26.2 Å². The topological polar surface area (TPSA) is 105 Å². The Bertz CT molecular complexity index is 762. The molecule has 0 saturated heterocycles. The van der Waals surface area contributed by atoms with Crippen molar-refractivity contribution < 1.29 is 26.3 Å². The first-order chi connectivity index (χ1) is 11.0. The lowest BCUT2D eigenvalue weighted by Gasteiger charge is -2.24. The molecule has 1 rings (SSSR count). The van der Waals surface area contributed by atoms with Gasteiger partial charge in [0.15, 0.2) is 11.5 Å². The Morgan fingerprint density at radius 3 is 2.08 bits per heavy atom. The molecular weight excluding hydrogens is 358 g/mol. The lowest BCUT2D eigenvalue weighted by Crippen LogP contribution is -2.42. The molecule has 9 nitrogen and oxygen atoms in total. The van der Waals surface area contributed by atoms with E-state index in [1.54, 1.807) is 12.1 Å². The number of ether oxygens (including phenoxy) is 2. The molecule has 138 valence electrons. The van der Waals surface area contributed by atoms with Crippen LogP contribution < -0.4 is 18.5 Å². The summed E-state index contributed by atoms with van der Waals surface area (Å²) in [6, 6.07) is 4.65. The molecule has 0 fully saturated rings. The third-order valence-corrected chi connectivity index (χ3v) is 5.86. The Morgan fingerprint density at radius 1 is 1.04 bits per heavy atom. The van der Waals surface area contributed by atoms with E-state index in [-0.39, 0.29) is 13.1 Å². The van der Waals surface area contributed by atoms with Crippen molar-refractivity contribution >= 4 is 25.9 Å². The van der Waals surface area contributed by atoms with Crippen molar-refractivity contribution in [2.45, 2.75) is 0 Å². The number of nitrogens with one attached hydrogen (secondary N) is 1. The van der Waals surface area contributed by atoms with Crippen LogP contribution in [0, 0.1) is 0 Å². The molecule has 0 aliphatic carbocycles. The van der Waals surface area contributed by atoms with E-state index in [0.717, 1.165) is 14.9 Å². The Labute approximate surface area is 143 Å². The molecule has 0 heterocycles. The number of rotatable bonds is 9. The average Bonchev–Trinajstić information content (AvgIpc) is 2.49. The van der Waals surface area contributed by atoms with Crippen LogP contribution in [0.15, 0.2) is 18.2 Å². The van der Waals surface area contributed by atoms with Gasteiger partial charge in [0.2, 0.25) is 10.0 Å². The van der Waals surface area contributed by atoms with E-state index in [9.17, 15) is 16.8 Å². The molecule has 0 spiro atoms. The second-order valence-electron chi connectivity index (χ2n) is 5.06. The largest absolute Gasteiger partial charge is 0.493 e. The predicted octanol–water partition coefficient (Wildman–Crippen LogP) is -0.134. The minimum Gasteiger partial charge on any atom is -0.493 e. The van der Waals surface area contributed by atoms with Gasteiger partial charge in [-0.15, -0.1) is 0 Å². The molecule has 1 aromatic carbocycles. The molecule has 0 amide bonds. The van der Waals surface area contributed by atoms with Gasteiger partial charge in [0, 0.05) is 33.3 Å². The smallest absolute Gasteiger partial charge is 0.278 e. The van der Waals surface area contributed by atoms with Crippen LogP contribution in [0.25, 0.3) is 0 Å². The molecule has 1 N–H and O–H groups in total. The number of hydrogen-bond donors (Lipinski definition) is 1. The molecular formula is C13H23N3O6S2. The molecule has 0 aromatic heterocycles. The van der Waals surface area contributed by atoms with Crippen molar-refractivity contribution in [2.24, 2.45) is 0 Å². The summed E-state index contributed by atoms with van der Waals surface area (Å²) in [5.74, 6) is 0.834. The van der Waals surface area contributed by atoms with Crippen LogP contribution in [-0.4, -0.2) is 68.8 Å². The number of methoxy groups -OCH3 is 2. The summed E-state index contributed by atoms with van der Waals surface area (Å²) < 4.78 is 62.2. The number of nitrogens with zero attached hydrogens (tertiary/aromatic N) is 2. The second-order valence-corrected chi connectivity index (χ2v) is 8.93. The van der Waals surface area contributed by atoms with Crippen molar-refractivity contribution in [3.05, 3.63) is 18.2 Å². The van der Waals surface area contributed by atoms with Crippen molar-refractivity contribution in [3.8, 4) is 11.5 Å². The summed E-state index contributed by atoms with van der Waals surface area (Å²) in [5, 5.41) is 0. The molecule has 11 heteroatoms. The van der Waals surface area contributed by atoms with E-state index in [2.05, 4.69) is 4.72 Å². The van der Waals surface area contributed by atoms with E-state index in [1.807, 2.05) is 0 Å². The van der Waals surface area contributed by atoms with Crippen molar-refractivity contribution in [1.82, 2.24) is 9.03 Å². The Hall–Kier alpha value is -1.56. The molecule has 0 aliphatic rings. The second kappa shape index (κ2) is 8.01. The standard InChI is InChI=1S/C13H23N3O6S2/c1-15(2)24(19,20)14-8-9-16(23(5,17)18)11-6-7-12(21-3)13(10-11)22-4/h6-7,10,14H,8-9H2,1-5H3. The minimum absolute atomic E-state index is 0.0681. The predicted molar refractivity (Wildman–Crippen MR) is 92.3 cm³/mol. The lowest BCUT2D eigenvalue weighted by molar-refractivity contribution is 0.355. The van der Waals surface area contributed by atoms with Crippen molar-refractivity contribution in [2.75, 3.05) is 52.0 Å². The average molecular weight is 381 g/mol. The maximum absolute atomic E-state index is 12.0. The number of sulfonamides is 1. The normalized spacial score (nSPS) is 12.2.